The van der Waals surface area contributed by atoms with Crippen molar-refractivity contribution in [2.75, 3.05) is 30.0 Å². The fourth-order valence-electron chi connectivity index (χ4n) is 3.43. The van der Waals surface area contributed by atoms with Crippen LogP contribution in [0.15, 0.2) is 65.0 Å². The molecule has 2 aromatic carbocycles. The predicted octanol–water partition coefficient (Wildman–Crippen LogP) is 3.34. The van der Waals surface area contributed by atoms with E-state index in [-0.39, 0.29) is 5.13 Å². The maximum Gasteiger partial charge on any atom is 0.263 e. The van der Waals surface area contributed by atoms with Crippen LogP contribution in [0.1, 0.15) is 6.92 Å². The monoisotopic (exact) mass is 544 g/mol. The van der Waals surface area contributed by atoms with Gasteiger partial charge in [-0.05, 0) is 19.1 Å². The third kappa shape index (κ3) is 6.72. The van der Waals surface area contributed by atoms with Crippen molar-refractivity contribution in [1.82, 2.24) is 9.55 Å². The van der Waals surface area contributed by atoms with Crippen LogP contribution in [0.5, 0.6) is 0 Å². The van der Waals surface area contributed by atoms with Gasteiger partial charge in [0.05, 0.1) is 22.5 Å². The lowest BCUT2D eigenvalue weighted by molar-refractivity contribution is -0.115. The number of carbonyl (C=O) groups excluding carboxylic acids is 2. The van der Waals surface area contributed by atoms with Crippen LogP contribution in [0.2, 0.25) is 0 Å². The Labute approximate surface area is 216 Å². The SMILES string of the molecule is CCOCCn1c(=NC(=O)CS(=O)(=O)CC(=O)Nc2nc(-c3ccccc3)cs2)sc2ccccc21. The summed E-state index contributed by atoms with van der Waals surface area (Å²) in [5.74, 6) is -3.30. The number of nitrogens with zero attached hydrogens (tertiary/aromatic N) is 3. The highest BCUT2D eigenvalue weighted by Gasteiger charge is 2.22. The van der Waals surface area contributed by atoms with Crippen molar-refractivity contribution in [3.05, 3.63) is 64.8 Å². The fourth-order valence-corrected chi connectivity index (χ4v) is 6.25. The average molecular weight is 545 g/mol. The van der Waals surface area contributed by atoms with Crippen molar-refractivity contribution in [3.8, 4) is 11.3 Å². The molecule has 188 valence electrons. The molecule has 0 spiro atoms. The number of hydrogen-bond acceptors (Lipinski definition) is 8. The minimum atomic E-state index is -4.04. The molecule has 4 rings (SSSR count). The van der Waals surface area contributed by atoms with Gasteiger partial charge in [0.15, 0.2) is 19.8 Å². The molecule has 2 amide bonds. The minimum Gasteiger partial charge on any atom is -0.380 e. The van der Waals surface area contributed by atoms with Gasteiger partial charge in [-0.3, -0.25) is 9.59 Å². The Kier molecular flexibility index (Phi) is 8.41. The molecule has 2 heterocycles. The number of nitrogens with one attached hydrogen (secondary N) is 1. The van der Waals surface area contributed by atoms with Crippen molar-refractivity contribution in [1.29, 1.82) is 0 Å². The smallest absolute Gasteiger partial charge is 0.263 e. The van der Waals surface area contributed by atoms with Gasteiger partial charge in [0, 0.05) is 24.1 Å². The van der Waals surface area contributed by atoms with Crippen molar-refractivity contribution >= 4 is 59.7 Å². The Morgan fingerprint density at radius 1 is 1.08 bits per heavy atom. The molecular formula is C24H24N4O5S3. The quantitative estimate of drug-likeness (QED) is 0.306. The Hall–Kier alpha value is -3.19. The van der Waals surface area contributed by atoms with E-state index in [1.165, 1.54) is 22.7 Å². The number of rotatable bonds is 10. The third-order valence-corrected chi connectivity index (χ3v) is 8.19. The number of benzene rings is 2. The number of fused-ring (bicyclic) bond motifs is 1. The summed E-state index contributed by atoms with van der Waals surface area (Å²) < 4.78 is 33.3. The molecule has 0 fully saturated rings. The lowest BCUT2D eigenvalue weighted by Crippen LogP contribution is -2.28. The second kappa shape index (κ2) is 11.7. The van der Waals surface area contributed by atoms with Crippen LogP contribution in [-0.4, -0.2) is 54.5 Å². The first-order valence-corrected chi connectivity index (χ1v) is 14.6. The van der Waals surface area contributed by atoms with E-state index in [1.807, 2.05) is 66.1 Å². The first-order chi connectivity index (χ1) is 17.3. The highest BCUT2D eigenvalue weighted by molar-refractivity contribution is 7.92. The van der Waals surface area contributed by atoms with Crippen LogP contribution in [0.4, 0.5) is 5.13 Å². The van der Waals surface area contributed by atoms with Crippen molar-refractivity contribution in [2.45, 2.75) is 13.5 Å². The summed E-state index contributed by atoms with van der Waals surface area (Å²) in [4.78, 5) is 33.7. The molecule has 12 heteroatoms. The van der Waals surface area contributed by atoms with Gasteiger partial charge in [-0.1, -0.05) is 53.8 Å². The van der Waals surface area contributed by atoms with Crippen molar-refractivity contribution < 1.29 is 22.7 Å². The molecule has 36 heavy (non-hydrogen) atoms. The van der Waals surface area contributed by atoms with Crippen LogP contribution in [0, 0.1) is 0 Å². The van der Waals surface area contributed by atoms with Gasteiger partial charge in [0.25, 0.3) is 5.91 Å². The lowest BCUT2D eigenvalue weighted by Gasteiger charge is -2.05. The van der Waals surface area contributed by atoms with E-state index in [2.05, 4.69) is 15.3 Å². The van der Waals surface area contributed by atoms with E-state index in [0.717, 1.165) is 15.8 Å². The van der Waals surface area contributed by atoms with Gasteiger partial charge in [-0.25, -0.2) is 13.4 Å². The first kappa shape index (κ1) is 25.9. The van der Waals surface area contributed by atoms with Crippen LogP contribution in [0.3, 0.4) is 0 Å². The third-order valence-electron chi connectivity index (χ3n) is 4.99. The molecule has 0 unspecified atom stereocenters. The van der Waals surface area contributed by atoms with E-state index in [0.29, 0.717) is 30.3 Å². The number of ether oxygens (including phenoxy) is 1. The molecule has 0 aliphatic heterocycles. The zero-order valence-electron chi connectivity index (χ0n) is 19.4. The zero-order chi connectivity index (χ0) is 25.5. The van der Waals surface area contributed by atoms with E-state index in [9.17, 15) is 18.0 Å². The molecule has 0 radical (unpaired) electrons. The van der Waals surface area contributed by atoms with E-state index >= 15 is 0 Å². The molecule has 2 aromatic heterocycles. The molecule has 0 saturated heterocycles. The molecule has 0 bridgehead atoms. The van der Waals surface area contributed by atoms with E-state index in [4.69, 9.17) is 4.74 Å². The summed E-state index contributed by atoms with van der Waals surface area (Å²) in [5.41, 5.74) is 2.44. The Balaban J connectivity index is 1.43. The average Bonchev–Trinajstić information content (AvgIpc) is 3.43. The second-order valence-corrected chi connectivity index (χ2v) is 11.6. The number of sulfone groups is 1. The molecule has 9 nitrogen and oxygen atoms in total. The lowest BCUT2D eigenvalue weighted by atomic mass is 10.2. The van der Waals surface area contributed by atoms with Crippen molar-refractivity contribution in [2.24, 2.45) is 4.99 Å². The van der Waals surface area contributed by atoms with Gasteiger partial charge in [0.1, 0.15) is 11.5 Å². The number of para-hydroxylation sites is 1. The van der Waals surface area contributed by atoms with E-state index < -0.39 is 33.2 Å². The number of carbonyl (C=O) groups is 2. The Morgan fingerprint density at radius 2 is 1.83 bits per heavy atom. The van der Waals surface area contributed by atoms with E-state index in [1.54, 1.807) is 5.38 Å². The summed E-state index contributed by atoms with van der Waals surface area (Å²) in [6, 6.07) is 17.0. The van der Waals surface area contributed by atoms with Gasteiger partial charge in [-0.15, -0.1) is 11.3 Å². The van der Waals surface area contributed by atoms with Crippen LogP contribution in [-0.2, 0) is 30.7 Å². The van der Waals surface area contributed by atoms with Crippen LogP contribution < -0.4 is 10.1 Å². The standard InChI is InChI=1S/C24H24N4O5S3/c1-2-33-13-12-28-19-10-6-7-11-20(19)35-24(28)27-22(30)16-36(31,32)15-21(29)26-23-25-18(14-34-23)17-8-4-3-5-9-17/h3-11,14H,2,12-13,15-16H2,1H3,(H,25,26,29). The number of aromatic nitrogens is 2. The van der Waals surface area contributed by atoms with Gasteiger partial charge < -0.3 is 14.6 Å². The van der Waals surface area contributed by atoms with Crippen LogP contribution >= 0.6 is 22.7 Å². The second-order valence-electron chi connectivity index (χ2n) is 7.69. The zero-order valence-corrected chi connectivity index (χ0v) is 21.9. The predicted molar refractivity (Wildman–Crippen MR) is 142 cm³/mol. The topological polar surface area (TPSA) is 120 Å². The fraction of sp³-hybridized carbons (Fsp3) is 0.250. The van der Waals surface area contributed by atoms with Crippen molar-refractivity contribution in [3.63, 3.8) is 0 Å². The normalized spacial score (nSPS) is 12.2. The summed E-state index contributed by atoms with van der Waals surface area (Å²) in [7, 11) is -4.04. The Bertz CT molecular complexity index is 1540. The Morgan fingerprint density at radius 3 is 2.61 bits per heavy atom. The largest absolute Gasteiger partial charge is 0.380 e. The highest BCUT2D eigenvalue weighted by atomic mass is 32.2. The molecule has 1 N–H and O–H groups in total. The molecule has 0 aliphatic rings. The summed E-state index contributed by atoms with van der Waals surface area (Å²) in [6.07, 6.45) is 0. The number of hydrogen-bond donors (Lipinski definition) is 1. The maximum absolute atomic E-state index is 12.6. The maximum atomic E-state index is 12.6. The summed E-state index contributed by atoms with van der Waals surface area (Å²) >= 11 is 2.48. The first-order valence-electron chi connectivity index (χ1n) is 11.1. The number of anilines is 1. The molecule has 0 atom stereocenters. The molecular weight excluding hydrogens is 520 g/mol. The van der Waals surface area contributed by atoms with Gasteiger partial charge in [0.2, 0.25) is 5.91 Å². The number of thiazole rings is 2. The van der Waals surface area contributed by atoms with Gasteiger partial charge in [-0.2, -0.15) is 4.99 Å². The van der Waals surface area contributed by atoms with Gasteiger partial charge >= 0.3 is 0 Å². The molecule has 0 aliphatic carbocycles. The molecule has 4 aromatic rings. The number of amides is 2. The highest BCUT2D eigenvalue weighted by Crippen LogP contribution is 2.24. The molecule has 0 saturated carbocycles. The summed E-state index contributed by atoms with van der Waals surface area (Å²) in [5, 5.41) is 4.55. The van der Waals surface area contributed by atoms with Crippen LogP contribution in [0.25, 0.3) is 21.5 Å². The minimum absolute atomic E-state index is 0.283. The summed E-state index contributed by atoms with van der Waals surface area (Å²) in [6.45, 7) is 3.35.